The van der Waals surface area contributed by atoms with E-state index in [0.29, 0.717) is 6.04 Å². The lowest BCUT2D eigenvalue weighted by molar-refractivity contribution is 0.0947. The fourth-order valence-corrected chi connectivity index (χ4v) is 5.30. The van der Waals surface area contributed by atoms with Gasteiger partial charge in [0.1, 0.15) is 0 Å². The quantitative estimate of drug-likeness (QED) is 0.414. The molecule has 3 atom stereocenters. The molecule has 2 heterocycles. The van der Waals surface area contributed by atoms with Crippen LogP contribution >= 0.6 is 0 Å². The molecule has 0 bridgehead atoms. The number of benzene rings is 3. The summed E-state index contributed by atoms with van der Waals surface area (Å²) in [5.74, 6) is 6.91. The number of nitrogens with one attached hydrogen (secondary N) is 1. The van der Waals surface area contributed by atoms with Crippen LogP contribution < -0.4 is 5.32 Å². The molecule has 176 valence electrons. The average Bonchev–Trinajstić information content (AvgIpc) is 2.90. The highest BCUT2D eigenvalue weighted by molar-refractivity contribution is 5.39. The SMILES string of the molecule is CC1=CN2C(CC#CCC=C1Cc1ccccc1C)NC(c1ccccc1)CC2c1ccccc1. The molecule has 2 aliphatic heterocycles. The Morgan fingerprint density at radius 2 is 1.51 bits per heavy atom. The van der Waals surface area contributed by atoms with Gasteiger partial charge in [0.25, 0.3) is 0 Å². The van der Waals surface area contributed by atoms with Gasteiger partial charge in [0, 0.05) is 25.1 Å². The molecule has 1 N–H and O–H groups in total. The van der Waals surface area contributed by atoms with Crippen molar-refractivity contribution in [2.75, 3.05) is 0 Å². The Labute approximate surface area is 210 Å². The van der Waals surface area contributed by atoms with Crippen molar-refractivity contribution < 1.29 is 0 Å². The average molecular weight is 459 g/mol. The molecular formula is C33H34N2. The van der Waals surface area contributed by atoms with Gasteiger partial charge < -0.3 is 4.90 Å². The van der Waals surface area contributed by atoms with Gasteiger partial charge in [-0.1, -0.05) is 103 Å². The fraction of sp³-hybridized carbons (Fsp3) is 0.273. The molecule has 1 fully saturated rings. The second-order valence-electron chi connectivity index (χ2n) is 9.66. The van der Waals surface area contributed by atoms with Gasteiger partial charge in [-0.25, -0.2) is 0 Å². The summed E-state index contributed by atoms with van der Waals surface area (Å²) >= 11 is 0. The van der Waals surface area contributed by atoms with E-state index in [1.807, 2.05) is 0 Å². The first-order valence-corrected chi connectivity index (χ1v) is 12.7. The molecule has 0 saturated carbocycles. The van der Waals surface area contributed by atoms with E-state index < -0.39 is 0 Å². The number of allylic oxidation sites excluding steroid dienone is 3. The number of aryl methyl sites for hydroxylation is 1. The molecule has 3 aromatic rings. The predicted octanol–water partition coefficient (Wildman–Crippen LogP) is 7.27. The molecule has 3 unspecified atom stereocenters. The molecule has 2 heteroatoms. The number of hydrogen-bond donors (Lipinski definition) is 1. The lowest BCUT2D eigenvalue weighted by atomic mass is 9.89. The lowest BCUT2D eigenvalue weighted by Gasteiger charge is -2.46. The smallest absolute Gasteiger partial charge is 0.0912 e. The first-order chi connectivity index (χ1) is 17.2. The Balaban J connectivity index is 1.53. The zero-order valence-corrected chi connectivity index (χ0v) is 20.7. The van der Waals surface area contributed by atoms with E-state index in [9.17, 15) is 0 Å². The molecule has 2 aliphatic rings. The minimum atomic E-state index is 0.152. The second-order valence-corrected chi connectivity index (χ2v) is 9.66. The van der Waals surface area contributed by atoms with Gasteiger partial charge in [0.2, 0.25) is 0 Å². The maximum Gasteiger partial charge on any atom is 0.0912 e. The van der Waals surface area contributed by atoms with Crippen LogP contribution in [0.15, 0.2) is 108 Å². The first-order valence-electron chi connectivity index (χ1n) is 12.7. The summed E-state index contributed by atoms with van der Waals surface area (Å²) in [6.45, 7) is 4.47. The number of fused-ring (bicyclic) bond motifs is 1. The van der Waals surface area contributed by atoms with Crippen molar-refractivity contribution in [1.29, 1.82) is 0 Å². The van der Waals surface area contributed by atoms with E-state index in [1.165, 1.54) is 33.4 Å². The van der Waals surface area contributed by atoms with Crippen molar-refractivity contribution >= 4 is 0 Å². The molecule has 0 radical (unpaired) electrons. The minimum absolute atomic E-state index is 0.152. The molecule has 1 saturated heterocycles. The van der Waals surface area contributed by atoms with Crippen LogP contribution in [0, 0.1) is 18.8 Å². The molecule has 2 nitrogen and oxygen atoms in total. The summed E-state index contributed by atoms with van der Waals surface area (Å²) in [6.07, 6.45) is 8.42. The summed E-state index contributed by atoms with van der Waals surface area (Å²) in [7, 11) is 0. The Hall–Kier alpha value is -3.54. The zero-order chi connectivity index (χ0) is 24.0. The van der Waals surface area contributed by atoms with Gasteiger partial charge >= 0.3 is 0 Å². The van der Waals surface area contributed by atoms with Gasteiger partial charge in [-0.15, -0.1) is 0 Å². The van der Waals surface area contributed by atoms with E-state index in [2.05, 4.69) is 133 Å². The third-order valence-corrected chi connectivity index (χ3v) is 7.32. The molecular weight excluding hydrogens is 424 g/mol. The Morgan fingerprint density at radius 3 is 2.26 bits per heavy atom. The van der Waals surface area contributed by atoms with E-state index in [-0.39, 0.29) is 12.2 Å². The van der Waals surface area contributed by atoms with Gasteiger partial charge in [0.15, 0.2) is 0 Å². The van der Waals surface area contributed by atoms with Crippen LogP contribution in [0.4, 0.5) is 0 Å². The summed E-state index contributed by atoms with van der Waals surface area (Å²) in [4.78, 5) is 2.54. The monoisotopic (exact) mass is 458 g/mol. The van der Waals surface area contributed by atoms with Crippen molar-refractivity contribution in [2.24, 2.45) is 0 Å². The van der Waals surface area contributed by atoms with Gasteiger partial charge in [-0.3, -0.25) is 5.32 Å². The summed E-state index contributed by atoms with van der Waals surface area (Å²) in [6, 6.07) is 31.1. The first kappa shape index (κ1) is 23.2. The number of nitrogens with zero attached hydrogens (tertiary/aromatic N) is 1. The molecule has 0 spiro atoms. The van der Waals surface area contributed by atoms with Crippen molar-refractivity contribution in [3.05, 3.63) is 131 Å². The van der Waals surface area contributed by atoms with E-state index in [0.717, 1.165) is 25.7 Å². The Kier molecular flexibility index (Phi) is 7.17. The topological polar surface area (TPSA) is 15.3 Å². The predicted molar refractivity (Wildman–Crippen MR) is 145 cm³/mol. The highest BCUT2D eigenvalue weighted by Crippen LogP contribution is 2.39. The summed E-state index contributed by atoms with van der Waals surface area (Å²) < 4.78 is 0. The maximum atomic E-state index is 3.94. The van der Waals surface area contributed by atoms with Gasteiger partial charge in [0.05, 0.1) is 12.2 Å². The molecule has 3 aromatic carbocycles. The summed E-state index contributed by atoms with van der Waals surface area (Å²) in [5.41, 5.74) is 8.12. The molecule has 5 rings (SSSR count). The fourth-order valence-electron chi connectivity index (χ4n) is 5.30. The van der Waals surface area contributed by atoms with Crippen LogP contribution in [0.25, 0.3) is 0 Å². The van der Waals surface area contributed by atoms with Crippen LogP contribution in [0.5, 0.6) is 0 Å². The van der Waals surface area contributed by atoms with E-state index >= 15 is 0 Å². The van der Waals surface area contributed by atoms with Crippen LogP contribution in [-0.4, -0.2) is 11.1 Å². The van der Waals surface area contributed by atoms with Crippen LogP contribution in [-0.2, 0) is 6.42 Å². The molecule has 35 heavy (non-hydrogen) atoms. The van der Waals surface area contributed by atoms with Crippen LogP contribution in [0.1, 0.15) is 60.5 Å². The minimum Gasteiger partial charge on any atom is -0.354 e. The Bertz CT molecular complexity index is 1260. The van der Waals surface area contributed by atoms with Crippen LogP contribution in [0.2, 0.25) is 0 Å². The van der Waals surface area contributed by atoms with Gasteiger partial charge in [-0.05, 0) is 60.1 Å². The highest BCUT2D eigenvalue weighted by atomic mass is 15.3. The van der Waals surface area contributed by atoms with E-state index in [4.69, 9.17) is 0 Å². The molecule has 0 aliphatic carbocycles. The van der Waals surface area contributed by atoms with Crippen molar-refractivity contribution in [2.45, 2.75) is 57.8 Å². The Morgan fingerprint density at radius 1 is 0.829 bits per heavy atom. The number of hydrogen-bond acceptors (Lipinski definition) is 2. The number of rotatable bonds is 4. The van der Waals surface area contributed by atoms with Crippen molar-refractivity contribution in [3.63, 3.8) is 0 Å². The standard InChI is InChI=1S/C33H34N2/c1-25-14-12-13-20-29(25)22-30-19-10-5-11-21-33-34-31(27-15-6-3-7-16-27)23-32(35(33)24-26(30)2)28-17-8-4-9-18-28/h3-4,6-9,12-20,24,31-34H,10,21-23H2,1-2H3. The zero-order valence-electron chi connectivity index (χ0n) is 20.7. The second kappa shape index (κ2) is 10.8. The third kappa shape index (κ3) is 5.42. The van der Waals surface area contributed by atoms with Gasteiger partial charge in [-0.2, -0.15) is 0 Å². The largest absolute Gasteiger partial charge is 0.354 e. The molecule has 0 aromatic heterocycles. The highest BCUT2D eigenvalue weighted by Gasteiger charge is 2.35. The summed E-state index contributed by atoms with van der Waals surface area (Å²) in [5, 5.41) is 3.94. The van der Waals surface area contributed by atoms with Crippen molar-refractivity contribution in [3.8, 4) is 11.8 Å². The van der Waals surface area contributed by atoms with E-state index in [1.54, 1.807) is 0 Å². The van der Waals surface area contributed by atoms with Crippen LogP contribution in [0.3, 0.4) is 0 Å². The van der Waals surface area contributed by atoms with Crippen molar-refractivity contribution in [1.82, 2.24) is 10.2 Å². The third-order valence-electron chi connectivity index (χ3n) is 7.32. The lowest BCUT2D eigenvalue weighted by Crippen LogP contribution is -2.51. The normalized spacial score (nSPS) is 22.2. The molecule has 0 amide bonds. The maximum absolute atomic E-state index is 3.94.